The van der Waals surface area contributed by atoms with Crippen LogP contribution in [0.2, 0.25) is 10.0 Å². The molecular weight excluding hydrogens is 671 g/mol. The molecule has 0 spiro atoms. The molecule has 0 saturated carbocycles. The van der Waals surface area contributed by atoms with Crippen LogP contribution in [0.5, 0.6) is 11.5 Å². The smallest absolute Gasteiger partial charge is 0.190 e. The normalized spacial score (nSPS) is 11.0. The number of benzene rings is 4. The molecule has 0 saturated heterocycles. The summed E-state index contributed by atoms with van der Waals surface area (Å²) < 4.78 is 15.8. The molecule has 0 aliphatic rings. The van der Waals surface area contributed by atoms with Crippen molar-refractivity contribution in [2.75, 3.05) is 10.9 Å². The lowest BCUT2D eigenvalue weighted by Crippen LogP contribution is -2.18. The summed E-state index contributed by atoms with van der Waals surface area (Å²) in [6.45, 7) is 0.555. The summed E-state index contributed by atoms with van der Waals surface area (Å²) in [6.07, 6.45) is 8.13. The van der Waals surface area contributed by atoms with E-state index in [1.54, 1.807) is 24.3 Å². The van der Waals surface area contributed by atoms with Crippen LogP contribution in [0.1, 0.15) is 61.8 Å². The summed E-state index contributed by atoms with van der Waals surface area (Å²) in [5, 5.41) is 19.2. The van der Waals surface area contributed by atoms with Crippen LogP contribution in [0.25, 0.3) is 0 Å². The highest BCUT2D eigenvalue weighted by Gasteiger charge is 2.15. The number of ether oxygens (including phenoxy) is 2. The van der Waals surface area contributed by atoms with Crippen LogP contribution in [-0.4, -0.2) is 29.7 Å². The Morgan fingerprint density at radius 2 is 0.800 bits per heavy atom. The van der Waals surface area contributed by atoms with E-state index in [1.165, 1.54) is 0 Å². The first kappa shape index (κ1) is 34.8. The van der Waals surface area contributed by atoms with Gasteiger partial charge in [-0.05, 0) is 85.6 Å². The number of aromatic nitrogens is 6. The summed E-state index contributed by atoms with van der Waals surface area (Å²) in [7, 11) is 0. The minimum Gasteiger partial charge on any atom is -0.486 e. The second-order valence-electron chi connectivity index (χ2n) is 11.8. The second kappa shape index (κ2) is 18.1. The maximum Gasteiger partial charge on any atom is 0.190 e. The van der Waals surface area contributed by atoms with E-state index in [-0.39, 0.29) is 13.2 Å². The molecule has 6 rings (SSSR count). The van der Waals surface area contributed by atoms with E-state index in [2.05, 4.69) is 31.2 Å². The molecular formula is C38H40Cl2N8O2. The molecule has 2 aromatic heterocycles. The van der Waals surface area contributed by atoms with Crippen LogP contribution in [0.4, 0.5) is 11.4 Å². The first-order valence-corrected chi connectivity index (χ1v) is 17.6. The molecule has 0 aliphatic carbocycles. The van der Waals surface area contributed by atoms with Crippen LogP contribution in [0, 0.1) is 0 Å². The number of nitrogens with one attached hydrogen (secondary N) is 2. The van der Waals surface area contributed by atoms with Gasteiger partial charge in [0.1, 0.15) is 24.7 Å². The van der Waals surface area contributed by atoms with Gasteiger partial charge in [-0.1, -0.05) is 85.3 Å². The third-order valence-electron chi connectivity index (χ3n) is 8.04. The van der Waals surface area contributed by atoms with Crippen LogP contribution >= 0.6 is 23.2 Å². The number of aryl methyl sites for hydroxylation is 2. The number of unbranched alkanes of at least 4 members (excludes halogenated alkanes) is 5. The molecule has 2 heterocycles. The minimum atomic E-state index is 0.278. The number of para-hydroxylation sites is 2. The molecule has 6 aromatic rings. The number of rotatable bonds is 19. The first-order chi connectivity index (χ1) is 24.6. The SMILES string of the molecule is Clc1ccc(OCc2nnc(CCCCCCCCc3nnc(COc4ccc(Cl)cc4)n3Nc3ccccc3)n2Nc2ccccc2)cc1. The van der Waals surface area contributed by atoms with Gasteiger partial charge in [0.05, 0.1) is 11.4 Å². The van der Waals surface area contributed by atoms with E-state index >= 15 is 0 Å². The molecule has 2 N–H and O–H groups in total. The van der Waals surface area contributed by atoms with Crippen molar-refractivity contribution >= 4 is 34.6 Å². The molecule has 0 amide bonds. The molecule has 10 nitrogen and oxygen atoms in total. The topological polar surface area (TPSA) is 104 Å². The Kier molecular flexibility index (Phi) is 12.6. The predicted molar refractivity (Wildman–Crippen MR) is 198 cm³/mol. The van der Waals surface area contributed by atoms with Gasteiger partial charge in [0, 0.05) is 22.9 Å². The summed E-state index contributed by atoms with van der Waals surface area (Å²) in [4.78, 5) is 0. The summed E-state index contributed by atoms with van der Waals surface area (Å²) in [5.74, 6) is 4.61. The summed E-state index contributed by atoms with van der Waals surface area (Å²) in [6, 6.07) is 34.6. The lowest BCUT2D eigenvalue weighted by atomic mass is 10.1. The molecule has 258 valence electrons. The van der Waals surface area contributed by atoms with Gasteiger partial charge in [-0.15, -0.1) is 20.4 Å². The highest BCUT2D eigenvalue weighted by Crippen LogP contribution is 2.20. The number of hydrogen-bond acceptors (Lipinski definition) is 8. The quantitative estimate of drug-likeness (QED) is 0.0802. The highest BCUT2D eigenvalue weighted by atomic mass is 35.5. The monoisotopic (exact) mass is 710 g/mol. The lowest BCUT2D eigenvalue weighted by Gasteiger charge is -2.14. The molecule has 0 unspecified atom stereocenters. The molecule has 4 aromatic carbocycles. The van der Waals surface area contributed by atoms with Gasteiger partial charge in [-0.2, -0.15) is 0 Å². The summed E-state index contributed by atoms with van der Waals surface area (Å²) >= 11 is 12.0. The third-order valence-corrected chi connectivity index (χ3v) is 8.54. The molecule has 0 bridgehead atoms. The van der Waals surface area contributed by atoms with Crippen molar-refractivity contribution in [3.8, 4) is 11.5 Å². The van der Waals surface area contributed by atoms with Gasteiger partial charge >= 0.3 is 0 Å². The Hall–Kier alpha value is -5.06. The average molecular weight is 712 g/mol. The fraction of sp³-hybridized carbons (Fsp3) is 0.263. The fourth-order valence-corrected chi connectivity index (χ4v) is 5.64. The average Bonchev–Trinajstić information content (AvgIpc) is 3.71. The van der Waals surface area contributed by atoms with Crippen LogP contribution in [0.3, 0.4) is 0 Å². The molecule has 0 radical (unpaired) electrons. The Morgan fingerprint density at radius 3 is 1.20 bits per heavy atom. The number of hydrogen-bond donors (Lipinski definition) is 2. The van der Waals surface area contributed by atoms with Crippen LogP contribution in [0.15, 0.2) is 109 Å². The molecule has 0 aliphatic heterocycles. The van der Waals surface area contributed by atoms with Gasteiger partial charge in [-0.25, -0.2) is 9.35 Å². The standard InChI is InChI=1S/C38H40Cl2N8O2/c39-29-19-23-33(24-20-29)49-27-37-43-41-35(47(37)45-31-13-7-5-8-14-31)17-11-3-1-2-4-12-18-36-42-44-38(28-50-34-25-21-30(40)22-26-34)48(36)46-32-15-9-6-10-16-32/h5-10,13-16,19-26,45-46H,1-4,11-12,17-18,27-28H2. The van der Waals surface area contributed by atoms with Crippen molar-refractivity contribution in [3.63, 3.8) is 0 Å². The van der Waals surface area contributed by atoms with Crippen molar-refractivity contribution in [1.29, 1.82) is 0 Å². The van der Waals surface area contributed by atoms with E-state index < -0.39 is 0 Å². The van der Waals surface area contributed by atoms with E-state index in [1.807, 2.05) is 94.3 Å². The highest BCUT2D eigenvalue weighted by molar-refractivity contribution is 6.30. The Labute approximate surface area is 302 Å². The Morgan fingerprint density at radius 1 is 0.440 bits per heavy atom. The number of nitrogens with zero attached hydrogens (tertiary/aromatic N) is 6. The van der Waals surface area contributed by atoms with Gasteiger partial charge in [0.15, 0.2) is 23.3 Å². The van der Waals surface area contributed by atoms with Crippen molar-refractivity contribution in [3.05, 3.63) is 143 Å². The Balaban J connectivity index is 0.973. The summed E-state index contributed by atoms with van der Waals surface area (Å²) in [5.41, 5.74) is 8.81. The molecule has 12 heteroatoms. The van der Waals surface area contributed by atoms with Crippen molar-refractivity contribution in [1.82, 2.24) is 29.7 Å². The maximum absolute atomic E-state index is 6.02. The van der Waals surface area contributed by atoms with E-state index in [0.29, 0.717) is 21.7 Å². The van der Waals surface area contributed by atoms with Gasteiger partial charge < -0.3 is 9.47 Å². The van der Waals surface area contributed by atoms with Crippen molar-refractivity contribution in [2.24, 2.45) is 0 Å². The predicted octanol–water partition coefficient (Wildman–Crippen LogP) is 9.21. The zero-order chi connectivity index (χ0) is 34.4. The van der Waals surface area contributed by atoms with E-state index in [4.69, 9.17) is 32.7 Å². The second-order valence-corrected chi connectivity index (χ2v) is 12.7. The zero-order valence-electron chi connectivity index (χ0n) is 27.7. The van der Waals surface area contributed by atoms with E-state index in [9.17, 15) is 0 Å². The minimum absolute atomic E-state index is 0.278. The van der Waals surface area contributed by atoms with Gasteiger partial charge in [0.2, 0.25) is 0 Å². The first-order valence-electron chi connectivity index (χ1n) is 16.9. The van der Waals surface area contributed by atoms with Gasteiger partial charge in [0.25, 0.3) is 0 Å². The third kappa shape index (κ3) is 10.2. The van der Waals surface area contributed by atoms with Crippen LogP contribution < -0.4 is 20.3 Å². The molecule has 50 heavy (non-hydrogen) atoms. The Bertz CT molecular complexity index is 1740. The molecule has 0 atom stereocenters. The molecule has 0 fully saturated rings. The fourth-order valence-electron chi connectivity index (χ4n) is 5.39. The van der Waals surface area contributed by atoms with Crippen LogP contribution in [-0.2, 0) is 26.1 Å². The number of halogens is 2. The zero-order valence-corrected chi connectivity index (χ0v) is 29.2. The largest absolute Gasteiger partial charge is 0.486 e. The van der Waals surface area contributed by atoms with Crippen molar-refractivity contribution < 1.29 is 9.47 Å². The van der Waals surface area contributed by atoms with Crippen molar-refractivity contribution in [2.45, 2.75) is 64.6 Å². The number of anilines is 2. The van der Waals surface area contributed by atoms with Gasteiger partial charge in [-0.3, -0.25) is 10.9 Å². The maximum atomic E-state index is 6.02. The lowest BCUT2D eigenvalue weighted by molar-refractivity contribution is 0.291. The van der Waals surface area contributed by atoms with E-state index in [0.717, 1.165) is 85.9 Å².